The topological polar surface area (TPSA) is 28.4 Å². The van der Waals surface area contributed by atoms with Crippen molar-refractivity contribution in [2.75, 3.05) is 13.1 Å². The molecule has 1 fully saturated rings. The summed E-state index contributed by atoms with van der Waals surface area (Å²) in [6, 6.07) is 2.30. The highest BCUT2D eigenvalue weighted by molar-refractivity contribution is 5.17. The Morgan fingerprint density at radius 3 is 2.74 bits per heavy atom. The predicted molar refractivity (Wildman–Crippen MR) is 65.6 cm³/mol. The van der Waals surface area contributed by atoms with Gasteiger partial charge in [0, 0.05) is 18.2 Å². The van der Waals surface area contributed by atoms with Gasteiger partial charge in [-0.15, -0.1) is 0 Å². The Hall–Kier alpha value is -1.01. The van der Waals surface area contributed by atoms with Crippen molar-refractivity contribution in [1.29, 1.82) is 0 Å². The van der Waals surface area contributed by atoms with Crippen molar-refractivity contribution in [2.24, 2.45) is 0 Å². The number of nitrogens with zero attached hydrogens (tertiary/aromatic N) is 1. The van der Waals surface area contributed by atoms with Gasteiger partial charge in [-0.05, 0) is 25.5 Å². The smallest absolute Gasteiger partial charge is 0.401 e. The van der Waals surface area contributed by atoms with E-state index in [0.29, 0.717) is 19.1 Å². The number of halogens is 3. The van der Waals surface area contributed by atoms with Crippen LogP contribution in [-0.4, -0.2) is 30.2 Å². The fourth-order valence-electron chi connectivity index (χ4n) is 1.96. The van der Waals surface area contributed by atoms with Crippen LogP contribution in [0.4, 0.5) is 13.2 Å². The minimum absolute atomic E-state index is 0.272. The summed E-state index contributed by atoms with van der Waals surface area (Å²) in [6.45, 7) is 2.07. The number of alkyl halides is 3. The molecule has 1 aromatic rings. The zero-order chi connectivity index (χ0) is 13.9. The number of nitrogens with one attached hydrogen (secondary N) is 1. The molecule has 1 heterocycles. The molecule has 3 nitrogen and oxygen atoms in total. The Morgan fingerprint density at radius 1 is 1.42 bits per heavy atom. The molecular formula is C13H19F3N2O. The quantitative estimate of drug-likeness (QED) is 0.830. The molecule has 108 valence electrons. The first-order valence-corrected chi connectivity index (χ1v) is 6.55. The van der Waals surface area contributed by atoms with E-state index in [1.807, 2.05) is 0 Å². The van der Waals surface area contributed by atoms with Crippen LogP contribution in [-0.2, 0) is 13.1 Å². The molecular weight excluding hydrogens is 257 g/mol. The van der Waals surface area contributed by atoms with Gasteiger partial charge in [-0.3, -0.25) is 4.90 Å². The normalized spacial score (nSPS) is 16.3. The Kier molecular flexibility index (Phi) is 4.52. The molecule has 1 aromatic heterocycles. The first kappa shape index (κ1) is 14.4. The highest BCUT2D eigenvalue weighted by atomic mass is 19.4. The standard InChI is InChI=1S/C13H19F3N2O/c1-2-18(9-13(14,15)16)8-10-5-6-19-12(10)7-17-11-3-4-11/h5-6,11,17H,2-4,7-9H2,1H3. The predicted octanol–water partition coefficient (Wildman–Crippen LogP) is 2.92. The molecule has 1 N–H and O–H groups in total. The third kappa shape index (κ3) is 4.87. The minimum atomic E-state index is -4.16. The number of rotatable bonds is 7. The van der Waals surface area contributed by atoms with Crippen LogP contribution in [0.1, 0.15) is 31.1 Å². The van der Waals surface area contributed by atoms with Gasteiger partial charge < -0.3 is 9.73 Å². The van der Waals surface area contributed by atoms with E-state index in [0.717, 1.165) is 11.3 Å². The second-order valence-electron chi connectivity index (χ2n) is 4.94. The summed E-state index contributed by atoms with van der Waals surface area (Å²) >= 11 is 0. The number of furan rings is 1. The zero-order valence-electron chi connectivity index (χ0n) is 11.0. The highest BCUT2D eigenvalue weighted by Gasteiger charge is 2.30. The van der Waals surface area contributed by atoms with E-state index in [1.54, 1.807) is 19.3 Å². The van der Waals surface area contributed by atoms with E-state index in [-0.39, 0.29) is 6.54 Å². The lowest BCUT2D eigenvalue weighted by molar-refractivity contribution is -0.146. The van der Waals surface area contributed by atoms with Crippen molar-refractivity contribution in [3.63, 3.8) is 0 Å². The van der Waals surface area contributed by atoms with Gasteiger partial charge >= 0.3 is 6.18 Å². The van der Waals surface area contributed by atoms with Gasteiger partial charge in [0.25, 0.3) is 0 Å². The van der Waals surface area contributed by atoms with Crippen molar-refractivity contribution in [2.45, 2.75) is 45.1 Å². The summed E-state index contributed by atoms with van der Waals surface area (Å²) in [5, 5.41) is 3.30. The fraction of sp³-hybridized carbons (Fsp3) is 0.692. The van der Waals surface area contributed by atoms with E-state index in [2.05, 4.69) is 5.32 Å². The Labute approximate surface area is 110 Å². The molecule has 0 unspecified atom stereocenters. The third-order valence-corrected chi connectivity index (χ3v) is 3.21. The molecule has 0 amide bonds. The largest absolute Gasteiger partial charge is 0.468 e. The van der Waals surface area contributed by atoms with Gasteiger partial charge in [0.1, 0.15) is 5.76 Å². The SMILES string of the molecule is CCN(Cc1ccoc1CNC1CC1)CC(F)(F)F. The summed E-state index contributed by atoms with van der Waals surface area (Å²) < 4.78 is 42.6. The highest BCUT2D eigenvalue weighted by Crippen LogP contribution is 2.22. The van der Waals surface area contributed by atoms with Crippen molar-refractivity contribution in [1.82, 2.24) is 10.2 Å². The second-order valence-corrected chi connectivity index (χ2v) is 4.94. The molecule has 0 saturated heterocycles. The van der Waals surface area contributed by atoms with Gasteiger partial charge in [-0.25, -0.2) is 0 Å². The van der Waals surface area contributed by atoms with Crippen LogP contribution in [0.3, 0.4) is 0 Å². The summed E-state index contributed by atoms with van der Waals surface area (Å²) in [6.07, 6.45) is -0.275. The molecule has 19 heavy (non-hydrogen) atoms. The van der Waals surface area contributed by atoms with Crippen molar-refractivity contribution in [3.05, 3.63) is 23.7 Å². The maximum atomic E-state index is 12.4. The maximum absolute atomic E-state index is 12.4. The Bertz CT molecular complexity index is 399. The number of hydrogen-bond donors (Lipinski definition) is 1. The zero-order valence-corrected chi connectivity index (χ0v) is 11.0. The van der Waals surface area contributed by atoms with E-state index in [9.17, 15) is 13.2 Å². The second kappa shape index (κ2) is 5.96. The lowest BCUT2D eigenvalue weighted by Crippen LogP contribution is -2.33. The van der Waals surface area contributed by atoms with Gasteiger partial charge in [-0.1, -0.05) is 6.92 Å². The van der Waals surface area contributed by atoms with Crippen LogP contribution in [0.15, 0.2) is 16.7 Å². The van der Waals surface area contributed by atoms with Crippen LogP contribution in [0.25, 0.3) is 0 Å². The molecule has 0 aromatic carbocycles. The average molecular weight is 276 g/mol. The molecule has 2 rings (SSSR count). The van der Waals surface area contributed by atoms with E-state index in [4.69, 9.17) is 4.42 Å². The van der Waals surface area contributed by atoms with Gasteiger partial charge in [0.15, 0.2) is 0 Å². The molecule has 6 heteroatoms. The van der Waals surface area contributed by atoms with Crippen molar-refractivity contribution < 1.29 is 17.6 Å². The molecule has 0 spiro atoms. The van der Waals surface area contributed by atoms with E-state index < -0.39 is 12.7 Å². The monoisotopic (exact) mass is 276 g/mol. The lowest BCUT2D eigenvalue weighted by Gasteiger charge is -2.21. The first-order chi connectivity index (χ1) is 8.98. The molecule has 0 aliphatic heterocycles. The average Bonchev–Trinajstić information content (AvgIpc) is 3.05. The van der Waals surface area contributed by atoms with Crippen LogP contribution < -0.4 is 5.32 Å². The molecule has 1 saturated carbocycles. The summed E-state index contributed by atoms with van der Waals surface area (Å²) in [7, 11) is 0. The summed E-state index contributed by atoms with van der Waals surface area (Å²) in [5.41, 5.74) is 0.833. The molecule has 1 aliphatic carbocycles. The van der Waals surface area contributed by atoms with Crippen molar-refractivity contribution in [3.8, 4) is 0 Å². The van der Waals surface area contributed by atoms with Crippen LogP contribution in [0.5, 0.6) is 0 Å². The fourth-order valence-corrected chi connectivity index (χ4v) is 1.96. The lowest BCUT2D eigenvalue weighted by atomic mass is 10.2. The minimum Gasteiger partial charge on any atom is -0.468 e. The Morgan fingerprint density at radius 2 is 2.16 bits per heavy atom. The van der Waals surface area contributed by atoms with Gasteiger partial charge in [0.2, 0.25) is 0 Å². The third-order valence-electron chi connectivity index (χ3n) is 3.21. The Balaban J connectivity index is 1.90. The van der Waals surface area contributed by atoms with Crippen molar-refractivity contribution >= 4 is 0 Å². The van der Waals surface area contributed by atoms with E-state index >= 15 is 0 Å². The summed E-state index contributed by atoms with van der Waals surface area (Å²) in [4.78, 5) is 1.37. The molecule has 1 aliphatic rings. The maximum Gasteiger partial charge on any atom is 0.401 e. The van der Waals surface area contributed by atoms with Crippen LogP contribution in [0, 0.1) is 0 Å². The van der Waals surface area contributed by atoms with Crippen LogP contribution in [0.2, 0.25) is 0 Å². The first-order valence-electron chi connectivity index (χ1n) is 6.55. The molecule has 0 bridgehead atoms. The van der Waals surface area contributed by atoms with Gasteiger partial charge in [0.05, 0.1) is 19.4 Å². The summed E-state index contributed by atoms with van der Waals surface area (Å²) in [5.74, 6) is 0.743. The van der Waals surface area contributed by atoms with Gasteiger partial charge in [-0.2, -0.15) is 13.2 Å². The molecule has 0 atom stereocenters. The number of hydrogen-bond acceptors (Lipinski definition) is 3. The van der Waals surface area contributed by atoms with Crippen LogP contribution >= 0.6 is 0 Å². The van der Waals surface area contributed by atoms with E-state index in [1.165, 1.54) is 17.7 Å². The molecule has 0 radical (unpaired) electrons.